The smallest absolute Gasteiger partial charge is 0.280 e. The van der Waals surface area contributed by atoms with Gasteiger partial charge in [-0.1, -0.05) is 11.6 Å². The summed E-state index contributed by atoms with van der Waals surface area (Å²) in [4.78, 5) is 17.2. The average molecular weight is 414 g/mol. The second kappa shape index (κ2) is 8.30. The zero-order chi connectivity index (χ0) is 19.4. The van der Waals surface area contributed by atoms with Crippen LogP contribution in [0, 0.1) is 5.82 Å². The molecule has 144 valence electrons. The molecule has 27 heavy (non-hydrogen) atoms. The lowest BCUT2D eigenvalue weighted by molar-refractivity contribution is -0.895. The maximum atomic E-state index is 13.0. The van der Waals surface area contributed by atoms with E-state index in [1.54, 1.807) is 12.1 Å². The zero-order valence-corrected chi connectivity index (χ0v) is 15.9. The fourth-order valence-corrected chi connectivity index (χ4v) is 4.39. The Hall–Kier alpha value is -2.07. The number of aromatic nitrogens is 1. The monoisotopic (exact) mass is 413 g/mol. The highest BCUT2D eigenvalue weighted by molar-refractivity contribution is 7.89. The lowest BCUT2D eigenvalue weighted by Gasteiger charge is -2.31. The SMILES string of the molecule is O=C(C[NH+]1CCN(S(=O)(=O)c2ccc(F)cc2)CC1)Nc1ccc(Cl)cn1. The quantitative estimate of drug-likeness (QED) is 0.743. The first kappa shape index (κ1) is 19.7. The van der Waals surface area contributed by atoms with Crippen LogP contribution in [-0.2, 0) is 14.8 Å². The molecular weight excluding hydrogens is 395 g/mol. The van der Waals surface area contributed by atoms with Gasteiger partial charge in [-0.05, 0) is 36.4 Å². The Balaban J connectivity index is 1.53. The molecule has 0 unspecified atom stereocenters. The highest BCUT2D eigenvalue weighted by atomic mass is 35.5. The summed E-state index contributed by atoms with van der Waals surface area (Å²) >= 11 is 5.75. The van der Waals surface area contributed by atoms with Gasteiger partial charge in [0.15, 0.2) is 6.54 Å². The van der Waals surface area contributed by atoms with Gasteiger partial charge in [0.25, 0.3) is 5.91 Å². The second-order valence-corrected chi connectivity index (χ2v) is 8.57. The summed E-state index contributed by atoms with van der Waals surface area (Å²) in [5, 5.41) is 3.18. The van der Waals surface area contributed by atoms with Crippen LogP contribution in [0.25, 0.3) is 0 Å². The molecule has 2 aromatic rings. The van der Waals surface area contributed by atoms with Gasteiger partial charge in [-0.25, -0.2) is 17.8 Å². The van der Waals surface area contributed by atoms with Crippen LogP contribution in [0.4, 0.5) is 10.2 Å². The van der Waals surface area contributed by atoms with Crippen LogP contribution in [0.5, 0.6) is 0 Å². The van der Waals surface area contributed by atoms with Crippen molar-refractivity contribution >= 4 is 33.3 Å². The molecule has 0 spiro atoms. The van der Waals surface area contributed by atoms with Crippen molar-refractivity contribution in [2.45, 2.75) is 4.90 Å². The molecule has 7 nitrogen and oxygen atoms in total. The number of amides is 1. The minimum absolute atomic E-state index is 0.0684. The van der Waals surface area contributed by atoms with Gasteiger partial charge in [0.2, 0.25) is 10.0 Å². The summed E-state index contributed by atoms with van der Waals surface area (Å²) in [5.74, 6) is -0.264. The number of carbonyl (C=O) groups excluding carboxylic acids is 1. The minimum Gasteiger partial charge on any atom is -0.325 e. The second-order valence-electron chi connectivity index (χ2n) is 6.19. The molecule has 1 aliphatic heterocycles. The van der Waals surface area contributed by atoms with Crippen LogP contribution >= 0.6 is 11.6 Å². The molecule has 1 amide bonds. The van der Waals surface area contributed by atoms with E-state index in [1.165, 1.54) is 22.6 Å². The van der Waals surface area contributed by atoms with Crippen molar-refractivity contribution in [3.8, 4) is 0 Å². The fourth-order valence-electron chi connectivity index (χ4n) is 2.84. The molecular formula is C17H19ClFN4O3S+. The number of halogens is 2. The molecule has 1 aromatic heterocycles. The number of carbonyl (C=O) groups is 1. The van der Waals surface area contributed by atoms with Crippen LogP contribution in [0.3, 0.4) is 0 Å². The molecule has 0 bridgehead atoms. The fraction of sp³-hybridized carbons (Fsp3) is 0.294. The lowest BCUT2D eigenvalue weighted by Crippen LogP contribution is -3.15. The number of nitrogens with zero attached hydrogens (tertiary/aromatic N) is 2. The first-order valence-corrected chi connectivity index (χ1v) is 10.2. The predicted molar refractivity (Wildman–Crippen MR) is 98.6 cm³/mol. The molecule has 1 aromatic carbocycles. The topological polar surface area (TPSA) is 83.8 Å². The van der Waals surface area contributed by atoms with Gasteiger partial charge in [-0.2, -0.15) is 4.31 Å². The Bertz CT molecular complexity index is 899. The van der Waals surface area contributed by atoms with Crippen molar-refractivity contribution < 1.29 is 22.5 Å². The summed E-state index contributed by atoms with van der Waals surface area (Å²) in [6.45, 7) is 1.81. The molecule has 2 N–H and O–H groups in total. The Morgan fingerprint density at radius 2 is 1.85 bits per heavy atom. The summed E-state index contributed by atoms with van der Waals surface area (Å²) < 4.78 is 39.6. The van der Waals surface area contributed by atoms with Gasteiger partial charge in [-0.3, -0.25) is 4.79 Å². The maximum absolute atomic E-state index is 13.0. The van der Waals surface area contributed by atoms with Crippen LogP contribution in [0.2, 0.25) is 5.02 Å². The van der Waals surface area contributed by atoms with E-state index in [0.29, 0.717) is 37.0 Å². The summed E-state index contributed by atoms with van der Waals surface area (Å²) in [5.41, 5.74) is 0. The number of nitrogens with one attached hydrogen (secondary N) is 2. The molecule has 10 heteroatoms. The molecule has 0 aliphatic carbocycles. The van der Waals surface area contributed by atoms with E-state index in [0.717, 1.165) is 17.0 Å². The third kappa shape index (κ3) is 5.01. The number of pyridine rings is 1. The van der Waals surface area contributed by atoms with Gasteiger partial charge in [0, 0.05) is 6.20 Å². The standard InChI is InChI=1S/C17H18ClFN4O3S/c18-13-1-6-16(20-11-13)21-17(24)12-22-7-9-23(10-8-22)27(25,26)15-4-2-14(19)3-5-15/h1-6,11H,7-10,12H2,(H,20,21,24)/p+1. The first-order valence-electron chi connectivity index (χ1n) is 8.35. The number of rotatable bonds is 5. The number of benzene rings is 1. The predicted octanol–water partition coefficient (Wildman–Crippen LogP) is 0.402. The van der Waals surface area contributed by atoms with E-state index in [2.05, 4.69) is 10.3 Å². The Morgan fingerprint density at radius 1 is 1.19 bits per heavy atom. The first-order chi connectivity index (χ1) is 12.8. The molecule has 0 saturated carbocycles. The van der Waals surface area contributed by atoms with Crippen molar-refractivity contribution in [1.82, 2.24) is 9.29 Å². The molecule has 1 fully saturated rings. The normalized spacial score (nSPS) is 16.2. The minimum atomic E-state index is -3.65. The third-order valence-corrected chi connectivity index (χ3v) is 6.42. The molecule has 1 saturated heterocycles. The Kier molecular flexibility index (Phi) is 6.05. The van der Waals surface area contributed by atoms with Crippen molar-refractivity contribution in [2.24, 2.45) is 0 Å². The van der Waals surface area contributed by atoms with Crippen LogP contribution in [0.1, 0.15) is 0 Å². The van der Waals surface area contributed by atoms with Gasteiger partial charge < -0.3 is 10.2 Å². The van der Waals surface area contributed by atoms with E-state index in [1.807, 2.05) is 0 Å². The van der Waals surface area contributed by atoms with Crippen molar-refractivity contribution in [2.75, 3.05) is 38.0 Å². The van der Waals surface area contributed by atoms with E-state index in [4.69, 9.17) is 11.6 Å². The highest BCUT2D eigenvalue weighted by Crippen LogP contribution is 2.16. The van der Waals surface area contributed by atoms with Crippen LogP contribution in [0.15, 0.2) is 47.5 Å². The summed E-state index contributed by atoms with van der Waals surface area (Å²) in [6.07, 6.45) is 1.45. The van der Waals surface area contributed by atoms with Gasteiger partial charge in [0.1, 0.15) is 11.6 Å². The Morgan fingerprint density at radius 3 is 2.44 bits per heavy atom. The number of anilines is 1. The molecule has 3 rings (SSSR count). The van der Waals surface area contributed by atoms with Crippen LogP contribution < -0.4 is 10.2 Å². The average Bonchev–Trinajstić information content (AvgIpc) is 2.64. The summed E-state index contributed by atoms with van der Waals surface area (Å²) in [6, 6.07) is 8.03. The number of quaternary nitrogens is 1. The van der Waals surface area contributed by atoms with E-state index < -0.39 is 15.8 Å². The molecule has 1 aliphatic rings. The maximum Gasteiger partial charge on any atom is 0.280 e. The van der Waals surface area contributed by atoms with E-state index in [-0.39, 0.29) is 17.3 Å². The summed E-state index contributed by atoms with van der Waals surface area (Å²) in [7, 11) is -3.65. The lowest BCUT2D eigenvalue weighted by atomic mass is 10.3. The van der Waals surface area contributed by atoms with Crippen molar-refractivity contribution in [1.29, 1.82) is 0 Å². The van der Waals surface area contributed by atoms with Gasteiger partial charge in [-0.15, -0.1) is 0 Å². The number of hydrogen-bond donors (Lipinski definition) is 2. The van der Waals surface area contributed by atoms with Crippen molar-refractivity contribution in [3.63, 3.8) is 0 Å². The molecule has 0 radical (unpaired) electrons. The zero-order valence-electron chi connectivity index (χ0n) is 14.4. The molecule has 0 atom stereocenters. The number of piperazine rings is 1. The largest absolute Gasteiger partial charge is 0.325 e. The van der Waals surface area contributed by atoms with Crippen molar-refractivity contribution in [3.05, 3.63) is 53.4 Å². The molecule has 2 heterocycles. The van der Waals surface area contributed by atoms with Gasteiger partial charge >= 0.3 is 0 Å². The van der Waals surface area contributed by atoms with Gasteiger partial charge in [0.05, 0.1) is 36.1 Å². The van der Waals surface area contributed by atoms with Crippen LogP contribution in [-0.4, -0.2) is 56.3 Å². The Labute approximate surface area is 161 Å². The number of sulfonamides is 1. The highest BCUT2D eigenvalue weighted by Gasteiger charge is 2.31. The van der Waals surface area contributed by atoms with E-state index >= 15 is 0 Å². The number of hydrogen-bond acceptors (Lipinski definition) is 4. The van der Waals surface area contributed by atoms with E-state index in [9.17, 15) is 17.6 Å². The third-order valence-electron chi connectivity index (χ3n) is 4.29.